The van der Waals surface area contributed by atoms with Gasteiger partial charge in [0.15, 0.2) is 11.7 Å². The topological polar surface area (TPSA) is 185 Å². The van der Waals surface area contributed by atoms with E-state index < -0.39 is 0 Å². The number of nitrogens with two attached hydrogens (primary N) is 4. The molecule has 2 aliphatic heterocycles. The fourth-order valence-corrected chi connectivity index (χ4v) is 3.97. The SMILES string of the molecule is CC1=NN(c2ccccc2)C(=NN=C(N)N)C1CC1C(C)=NN(c2ccccc2)C1=NN=C(N)N. The Morgan fingerprint density at radius 2 is 1.06 bits per heavy atom. The van der Waals surface area contributed by atoms with Crippen LogP contribution in [0.15, 0.2) is 91.3 Å². The summed E-state index contributed by atoms with van der Waals surface area (Å²) in [6.45, 7) is 3.89. The maximum atomic E-state index is 5.57. The molecule has 0 saturated heterocycles. The average Bonchev–Trinajstić information content (AvgIpc) is 3.33. The van der Waals surface area contributed by atoms with Crippen LogP contribution in [0.4, 0.5) is 11.4 Å². The minimum Gasteiger partial charge on any atom is -0.369 e. The lowest BCUT2D eigenvalue weighted by atomic mass is 9.88. The molecular formula is C23H28N12. The molecule has 2 unspecified atom stereocenters. The highest BCUT2D eigenvalue weighted by atomic mass is 15.5. The molecule has 0 radical (unpaired) electrons. The normalized spacial score (nSPS) is 21.8. The van der Waals surface area contributed by atoms with Crippen molar-refractivity contribution >= 4 is 46.4 Å². The molecule has 0 fully saturated rings. The van der Waals surface area contributed by atoms with Gasteiger partial charge in [0.2, 0.25) is 11.9 Å². The summed E-state index contributed by atoms with van der Waals surface area (Å²) >= 11 is 0. The van der Waals surface area contributed by atoms with Gasteiger partial charge in [0, 0.05) is 11.4 Å². The molecule has 35 heavy (non-hydrogen) atoms. The molecule has 0 saturated carbocycles. The standard InChI is InChI=1S/C23H28N12/c1-14-18(20(28-30-22(24)25)34(32-14)16-9-5-3-6-10-16)13-19-15(2)33-35(17-11-7-4-8-12-17)21(19)29-31-23(26)27/h3-12,18-19H,13H2,1-2H3,(H4,24,25,30)(H4,26,27,31). The average molecular weight is 473 g/mol. The van der Waals surface area contributed by atoms with E-state index >= 15 is 0 Å². The van der Waals surface area contributed by atoms with E-state index in [-0.39, 0.29) is 23.8 Å². The van der Waals surface area contributed by atoms with Crippen LogP contribution >= 0.6 is 0 Å². The molecule has 0 bridgehead atoms. The summed E-state index contributed by atoms with van der Waals surface area (Å²) in [6, 6.07) is 19.3. The molecule has 2 heterocycles. The van der Waals surface area contributed by atoms with Crippen molar-refractivity contribution in [2.24, 2.45) is 65.4 Å². The predicted molar refractivity (Wildman–Crippen MR) is 142 cm³/mol. The van der Waals surface area contributed by atoms with E-state index in [2.05, 4.69) is 20.4 Å². The zero-order chi connectivity index (χ0) is 24.9. The summed E-state index contributed by atoms with van der Waals surface area (Å²) in [6.07, 6.45) is 0.551. The summed E-state index contributed by atoms with van der Waals surface area (Å²) in [5.41, 5.74) is 25.7. The molecule has 8 N–H and O–H groups in total. The summed E-state index contributed by atoms with van der Waals surface area (Å²) in [4.78, 5) is 0. The molecule has 2 aliphatic rings. The van der Waals surface area contributed by atoms with E-state index in [4.69, 9.17) is 33.1 Å². The van der Waals surface area contributed by atoms with Gasteiger partial charge in [-0.1, -0.05) is 36.4 Å². The lowest BCUT2D eigenvalue weighted by Crippen LogP contribution is -2.34. The molecule has 12 nitrogen and oxygen atoms in total. The van der Waals surface area contributed by atoms with Gasteiger partial charge < -0.3 is 22.9 Å². The van der Waals surface area contributed by atoms with Gasteiger partial charge in [-0.3, -0.25) is 0 Å². The number of hydrogen-bond acceptors (Lipinski definition) is 6. The lowest BCUT2D eigenvalue weighted by molar-refractivity contribution is 0.728. The van der Waals surface area contributed by atoms with Gasteiger partial charge in [0.1, 0.15) is 0 Å². The number of benzene rings is 2. The van der Waals surface area contributed by atoms with Gasteiger partial charge in [-0.15, -0.1) is 20.4 Å². The minimum absolute atomic E-state index is 0.141. The van der Waals surface area contributed by atoms with Crippen LogP contribution < -0.4 is 33.0 Å². The van der Waals surface area contributed by atoms with Gasteiger partial charge in [-0.25, -0.2) is 10.0 Å². The Labute approximate surface area is 203 Å². The van der Waals surface area contributed by atoms with Crippen LogP contribution in [0.3, 0.4) is 0 Å². The van der Waals surface area contributed by atoms with Crippen molar-refractivity contribution in [1.29, 1.82) is 0 Å². The first-order valence-electron chi connectivity index (χ1n) is 11.0. The number of nitrogens with zero attached hydrogens (tertiary/aromatic N) is 8. The molecule has 0 spiro atoms. The van der Waals surface area contributed by atoms with Gasteiger partial charge in [-0.05, 0) is 44.5 Å². The highest BCUT2D eigenvalue weighted by Crippen LogP contribution is 2.33. The van der Waals surface area contributed by atoms with E-state index in [1.165, 1.54) is 0 Å². The molecule has 2 atom stereocenters. The van der Waals surface area contributed by atoms with Crippen molar-refractivity contribution < 1.29 is 0 Å². The largest absolute Gasteiger partial charge is 0.369 e. The zero-order valence-electron chi connectivity index (χ0n) is 19.5. The van der Waals surface area contributed by atoms with Crippen molar-refractivity contribution in [3.05, 3.63) is 60.7 Å². The van der Waals surface area contributed by atoms with Crippen molar-refractivity contribution in [2.75, 3.05) is 10.0 Å². The Hall–Kier alpha value is -4.74. The molecule has 2 aromatic carbocycles. The molecule has 0 amide bonds. The second-order valence-corrected chi connectivity index (χ2v) is 8.08. The summed E-state index contributed by atoms with van der Waals surface area (Å²) in [7, 11) is 0. The number of amidine groups is 2. The first-order valence-corrected chi connectivity index (χ1v) is 11.0. The molecular weight excluding hydrogens is 444 g/mol. The number of anilines is 2. The molecule has 2 aromatic rings. The number of rotatable bonds is 6. The smallest absolute Gasteiger partial charge is 0.211 e. The fourth-order valence-electron chi connectivity index (χ4n) is 3.97. The van der Waals surface area contributed by atoms with Crippen LogP contribution in [-0.4, -0.2) is 35.0 Å². The van der Waals surface area contributed by atoms with Crippen LogP contribution in [0.5, 0.6) is 0 Å². The van der Waals surface area contributed by atoms with Crippen LogP contribution in [0.1, 0.15) is 20.3 Å². The van der Waals surface area contributed by atoms with E-state index in [0.29, 0.717) is 18.1 Å². The van der Waals surface area contributed by atoms with Crippen LogP contribution in [0.25, 0.3) is 0 Å². The Kier molecular flexibility index (Phi) is 6.71. The monoisotopic (exact) mass is 472 g/mol. The zero-order valence-corrected chi connectivity index (χ0v) is 19.5. The quantitative estimate of drug-likeness (QED) is 0.281. The minimum atomic E-state index is -0.214. The van der Waals surface area contributed by atoms with E-state index in [1.54, 1.807) is 10.0 Å². The fraction of sp³-hybridized carbons (Fsp3) is 0.217. The van der Waals surface area contributed by atoms with Crippen molar-refractivity contribution in [1.82, 2.24) is 0 Å². The number of guanidine groups is 2. The van der Waals surface area contributed by atoms with Crippen LogP contribution in [0, 0.1) is 11.8 Å². The Morgan fingerprint density at radius 3 is 1.40 bits per heavy atom. The number of para-hydroxylation sites is 2. The Morgan fingerprint density at radius 1 is 0.686 bits per heavy atom. The molecule has 0 aromatic heterocycles. The van der Waals surface area contributed by atoms with E-state index in [9.17, 15) is 0 Å². The van der Waals surface area contributed by atoms with Crippen LogP contribution in [0.2, 0.25) is 0 Å². The maximum absolute atomic E-state index is 5.57. The van der Waals surface area contributed by atoms with Gasteiger partial charge >= 0.3 is 0 Å². The summed E-state index contributed by atoms with van der Waals surface area (Å²) in [5, 5.41) is 29.6. The number of hydrazone groups is 2. The van der Waals surface area contributed by atoms with Crippen molar-refractivity contribution in [2.45, 2.75) is 20.3 Å². The second kappa shape index (κ2) is 10.0. The summed E-state index contributed by atoms with van der Waals surface area (Å²) < 4.78 is 0. The molecule has 4 rings (SSSR count). The number of hydrogen-bond donors (Lipinski definition) is 4. The maximum Gasteiger partial charge on any atom is 0.211 e. The van der Waals surface area contributed by atoms with Crippen LogP contribution in [-0.2, 0) is 0 Å². The second-order valence-electron chi connectivity index (χ2n) is 8.08. The molecule has 180 valence electrons. The Balaban J connectivity index is 1.72. The Bertz CT molecular complexity index is 1140. The third-order valence-electron chi connectivity index (χ3n) is 5.59. The third-order valence-corrected chi connectivity index (χ3v) is 5.59. The highest BCUT2D eigenvalue weighted by molar-refractivity contribution is 6.21. The molecule has 0 aliphatic carbocycles. The lowest BCUT2D eigenvalue weighted by Gasteiger charge is -2.22. The van der Waals surface area contributed by atoms with Gasteiger partial charge in [0.25, 0.3) is 0 Å². The van der Waals surface area contributed by atoms with Gasteiger partial charge in [0.05, 0.1) is 23.2 Å². The van der Waals surface area contributed by atoms with Crippen molar-refractivity contribution in [3.8, 4) is 0 Å². The van der Waals surface area contributed by atoms with Crippen molar-refractivity contribution in [3.63, 3.8) is 0 Å². The first-order chi connectivity index (χ1) is 16.8. The molecule has 12 heteroatoms. The first kappa shape index (κ1) is 23.4. The van der Waals surface area contributed by atoms with E-state index in [0.717, 1.165) is 22.8 Å². The highest BCUT2D eigenvalue weighted by Gasteiger charge is 2.40. The predicted octanol–water partition coefficient (Wildman–Crippen LogP) is 1.57. The van der Waals surface area contributed by atoms with E-state index in [1.807, 2.05) is 74.5 Å². The third kappa shape index (κ3) is 5.11. The van der Waals surface area contributed by atoms with Gasteiger partial charge in [-0.2, -0.15) is 10.2 Å². The summed E-state index contributed by atoms with van der Waals surface area (Å²) in [5.74, 6) is 0.473.